The molecule has 0 aliphatic heterocycles. The summed E-state index contributed by atoms with van der Waals surface area (Å²) in [7, 11) is 0. The van der Waals surface area contributed by atoms with E-state index < -0.39 is 0 Å². The van der Waals surface area contributed by atoms with Gasteiger partial charge in [-0.3, -0.25) is 0 Å². The molecule has 11 heavy (non-hydrogen) atoms. The van der Waals surface area contributed by atoms with E-state index in [1.807, 2.05) is 0 Å². The van der Waals surface area contributed by atoms with Gasteiger partial charge in [-0.1, -0.05) is 13.3 Å². The number of nitrogens with zero attached hydrogens (tertiary/aromatic N) is 1. The molecule has 0 aliphatic carbocycles. The third kappa shape index (κ3) is 2.45. The molecule has 2 nitrogen and oxygen atoms in total. The van der Waals surface area contributed by atoms with Crippen molar-refractivity contribution in [2.45, 2.75) is 26.2 Å². The van der Waals surface area contributed by atoms with E-state index >= 15 is 0 Å². The van der Waals surface area contributed by atoms with Crippen LogP contribution in [0.2, 0.25) is 0 Å². The van der Waals surface area contributed by atoms with Crippen molar-refractivity contribution in [3.63, 3.8) is 0 Å². The van der Waals surface area contributed by atoms with Crippen molar-refractivity contribution in [3.8, 4) is 0 Å². The smallest absolute Gasteiger partial charge is 0.181 e. The van der Waals surface area contributed by atoms with Crippen LogP contribution in [-0.4, -0.2) is 4.98 Å². The Balaban J connectivity index is 2.62. The fraction of sp³-hybridized carbons (Fsp3) is 0.571. The molecule has 2 N–H and O–H groups in total. The highest BCUT2D eigenvalue weighted by Crippen LogP contribution is 2.26. The van der Waals surface area contributed by atoms with E-state index in [1.54, 1.807) is 11.3 Å². The fourth-order valence-electron chi connectivity index (χ4n) is 0.842. The zero-order chi connectivity index (χ0) is 8.27. The Labute approximate surface area is 79.0 Å². The predicted molar refractivity (Wildman–Crippen MR) is 52.8 cm³/mol. The average molecular weight is 235 g/mol. The van der Waals surface area contributed by atoms with Crippen LogP contribution in [0.3, 0.4) is 0 Å². The van der Waals surface area contributed by atoms with Gasteiger partial charge in [-0.15, -0.1) is 11.3 Å². The van der Waals surface area contributed by atoms with Crippen molar-refractivity contribution in [2.75, 3.05) is 5.73 Å². The first-order valence-corrected chi connectivity index (χ1v) is 5.25. The van der Waals surface area contributed by atoms with Crippen molar-refractivity contribution in [1.82, 2.24) is 4.98 Å². The molecule has 1 heterocycles. The summed E-state index contributed by atoms with van der Waals surface area (Å²) in [4.78, 5) is 5.34. The highest BCUT2D eigenvalue weighted by atomic mass is 79.9. The summed E-state index contributed by atoms with van der Waals surface area (Å²) in [6, 6.07) is 0. The second kappa shape index (κ2) is 4.07. The average Bonchev–Trinajstić information content (AvgIpc) is 2.26. The lowest BCUT2D eigenvalue weighted by molar-refractivity contribution is 0.800. The number of aromatic nitrogens is 1. The van der Waals surface area contributed by atoms with Gasteiger partial charge in [-0.25, -0.2) is 4.98 Å². The van der Waals surface area contributed by atoms with Crippen LogP contribution in [-0.2, 0) is 6.42 Å². The van der Waals surface area contributed by atoms with Crippen LogP contribution in [0.15, 0.2) is 4.60 Å². The van der Waals surface area contributed by atoms with Crippen LogP contribution < -0.4 is 5.73 Å². The van der Waals surface area contributed by atoms with E-state index in [-0.39, 0.29) is 0 Å². The van der Waals surface area contributed by atoms with Crippen molar-refractivity contribution in [1.29, 1.82) is 0 Å². The molecule has 1 aromatic rings. The Bertz CT molecular complexity index is 234. The van der Waals surface area contributed by atoms with Crippen LogP contribution in [0.25, 0.3) is 0 Å². The summed E-state index contributed by atoms with van der Waals surface area (Å²) in [6.07, 6.45) is 3.51. The zero-order valence-electron chi connectivity index (χ0n) is 6.43. The standard InChI is InChI=1S/C7H11BrN2S/c1-2-3-4-5-6(8)10-7(9)11-5/h2-4H2,1H3,(H2,9,10). The number of hydrogen-bond acceptors (Lipinski definition) is 3. The third-order valence-electron chi connectivity index (χ3n) is 1.42. The Hall–Kier alpha value is -0.0900. The van der Waals surface area contributed by atoms with Gasteiger partial charge in [0, 0.05) is 4.88 Å². The van der Waals surface area contributed by atoms with Gasteiger partial charge in [0.1, 0.15) is 4.60 Å². The SMILES string of the molecule is CCCCc1sc(N)nc1Br. The van der Waals surface area contributed by atoms with Gasteiger partial charge in [0.05, 0.1) is 0 Å². The number of nitrogen functional groups attached to an aromatic ring is 1. The summed E-state index contributed by atoms with van der Waals surface area (Å²) in [5.74, 6) is 0. The fourth-order valence-corrected chi connectivity index (χ4v) is 2.36. The van der Waals surface area contributed by atoms with Crippen molar-refractivity contribution in [3.05, 3.63) is 9.48 Å². The van der Waals surface area contributed by atoms with E-state index in [4.69, 9.17) is 5.73 Å². The molecule has 62 valence electrons. The molecule has 0 saturated heterocycles. The summed E-state index contributed by atoms with van der Waals surface area (Å²) in [5, 5.41) is 0.656. The van der Waals surface area contributed by atoms with Crippen molar-refractivity contribution < 1.29 is 0 Å². The van der Waals surface area contributed by atoms with E-state index in [9.17, 15) is 0 Å². The van der Waals surface area contributed by atoms with E-state index in [0.29, 0.717) is 5.13 Å². The molecule has 0 spiro atoms. The molecule has 0 amide bonds. The largest absolute Gasteiger partial charge is 0.375 e. The predicted octanol–water partition coefficient (Wildman–Crippen LogP) is 2.83. The molecule has 0 fully saturated rings. The molecule has 1 aromatic heterocycles. The monoisotopic (exact) mass is 234 g/mol. The third-order valence-corrected chi connectivity index (χ3v) is 3.29. The molecule has 0 atom stereocenters. The minimum Gasteiger partial charge on any atom is -0.375 e. The maximum atomic E-state index is 5.53. The summed E-state index contributed by atoms with van der Waals surface area (Å²) >= 11 is 4.94. The number of hydrogen-bond donors (Lipinski definition) is 1. The highest BCUT2D eigenvalue weighted by molar-refractivity contribution is 9.10. The topological polar surface area (TPSA) is 38.9 Å². The molecule has 4 heteroatoms. The number of thiazole rings is 1. The molecule has 0 aliphatic rings. The van der Waals surface area contributed by atoms with Gasteiger partial charge < -0.3 is 5.73 Å². The van der Waals surface area contributed by atoms with Crippen LogP contribution in [0.5, 0.6) is 0 Å². The van der Waals surface area contributed by atoms with E-state index in [2.05, 4.69) is 27.8 Å². The lowest BCUT2D eigenvalue weighted by Gasteiger charge is -1.92. The second-order valence-electron chi connectivity index (χ2n) is 2.37. The van der Waals surface area contributed by atoms with Gasteiger partial charge in [-0.05, 0) is 28.8 Å². The number of unbranched alkanes of at least 4 members (excludes halogenated alkanes) is 1. The van der Waals surface area contributed by atoms with Crippen LogP contribution in [0, 0.1) is 0 Å². The van der Waals surface area contributed by atoms with Crippen molar-refractivity contribution >= 4 is 32.4 Å². The first-order chi connectivity index (χ1) is 5.24. The second-order valence-corrected chi connectivity index (χ2v) is 4.24. The molecule has 0 aromatic carbocycles. The molecule has 1 rings (SSSR count). The summed E-state index contributed by atoms with van der Waals surface area (Å²) in [5.41, 5.74) is 5.53. The number of rotatable bonds is 3. The maximum Gasteiger partial charge on any atom is 0.181 e. The number of aryl methyl sites for hydroxylation is 1. The first kappa shape index (κ1) is 9.00. The van der Waals surface area contributed by atoms with E-state index in [0.717, 1.165) is 11.0 Å². The minimum atomic E-state index is 0.656. The lowest BCUT2D eigenvalue weighted by Crippen LogP contribution is -1.80. The van der Waals surface area contributed by atoms with Crippen LogP contribution in [0.4, 0.5) is 5.13 Å². The molecule has 0 saturated carbocycles. The van der Waals surface area contributed by atoms with Crippen LogP contribution >= 0.6 is 27.3 Å². The maximum absolute atomic E-state index is 5.53. The Kier molecular flexibility index (Phi) is 3.33. The first-order valence-electron chi connectivity index (χ1n) is 3.64. The highest BCUT2D eigenvalue weighted by Gasteiger charge is 2.04. The molecule has 0 bridgehead atoms. The van der Waals surface area contributed by atoms with Gasteiger partial charge >= 0.3 is 0 Å². The zero-order valence-corrected chi connectivity index (χ0v) is 8.83. The minimum absolute atomic E-state index is 0.656. The normalized spacial score (nSPS) is 10.4. The Morgan fingerprint density at radius 1 is 1.64 bits per heavy atom. The van der Waals surface area contributed by atoms with Gasteiger partial charge in [-0.2, -0.15) is 0 Å². The Morgan fingerprint density at radius 3 is 2.82 bits per heavy atom. The molecular weight excluding hydrogens is 224 g/mol. The van der Waals surface area contributed by atoms with Gasteiger partial charge in [0.15, 0.2) is 5.13 Å². The Morgan fingerprint density at radius 2 is 2.36 bits per heavy atom. The number of halogens is 1. The van der Waals surface area contributed by atoms with Gasteiger partial charge in [0.25, 0.3) is 0 Å². The summed E-state index contributed by atoms with van der Waals surface area (Å²) < 4.78 is 0.924. The van der Waals surface area contributed by atoms with E-state index in [1.165, 1.54) is 17.7 Å². The molecular formula is C7H11BrN2S. The lowest BCUT2D eigenvalue weighted by atomic mass is 10.2. The molecule has 0 unspecified atom stereocenters. The quantitative estimate of drug-likeness (QED) is 0.874. The number of nitrogens with two attached hydrogens (primary N) is 1. The van der Waals surface area contributed by atoms with Gasteiger partial charge in [0.2, 0.25) is 0 Å². The number of anilines is 1. The van der Waals surface area contributed by atoms with Crippen LogP contribution in [0.1, 0.15) is 24.6 Å². The summed E-state index contributed by atoms with van der Waals surface area (Å²) in [6.45, 7) is 2.18. The van der Waals surface area contributed by atoms with Crippen molar-refractivity contribution in [2.24, 2.45) is 0 Å². The molecule has 0 radical (unpaired) electrons.